The van der Waals surface area contributed by atoms with E-state index in [0.717, 1.165) is 32.4 Å². The first-order valence-corrected chi connectivity index (χ1v) is 7.28. The van der Waals surface area contributed by atoms with E-state index >= 15 is 0 Å². The molecule has 1 aromatic carbocycles. The van der Waals surface area contributed by atoms with Gasteiger partial charge < -0.3 is 15.1 Å². The highest BCUT2D eigenvalue weighted by atomic mass is 16.4. The molecule has 1 aliphatic rings. The first kappa shape index (κ1) is 13.9. The molecule has 6 heteroatoms. The normalized spacial score (nSPS) is 21.8. The van der Waals surface area contributed by atoms with Crippen LogP contribution in [0.3, 0.4) is 0 Å². The summed E-state index contributed by atoms with van der Waals surface area (Å²) in [4.78, 5) is 26.4. The number of carbonyl (C=O) groups excluding carboxylic acids is 1. The summed E-state index contributed by atoms with van der Waals surface area (Å²) in [5.41, 5.74) is 1.43. The number of benzene rings is 1. The number of nitrogens with one attached hydrogen (secondary N) is 3. The lowest BCUT2D eigenvalue weighted by Gasteiger charge is -2.26. The first-order valence-electron chi connectivity index (χ1n) is 7.28. The molecule has 6 nitrogen and oxygen atoms in total. The van der Waals surface area contributed by atoms with Crippen molar-refractivity contribution in [1.82, 2.24) is 10.3 Å². The molecule has 1 atom stereocenters. The Balaban J connectivity index is 1.83. The van der Waals surface area contributed by atoms with Crippen LogP contribution in [-0.2, 0) is 4.79 Å². The standard InChI is InChI=1S/C15H19N3O3/c1-2-5-15(6-7-16-9-15)13(19)17-10-3-4-12-11(8-10)18-14(20)21-12/h3-4,8,16H,2,5-7,9H2,1H3,(H,17,19)(H,18,20). The third-order valence-electron chi connectivity index (χ3n) is 4.13. The van der Waals surface area contributed by atoms with Gasteiger partial charge in [-0.05, 0) is 37.6 Å². The number of H-pyrrole nitrogens is 1. The minimum absolute atomic E-state index is 0.0412. The van der Waals surface area contributed by atoms with Gasteiger partial charge in [0.05, 0.1) is 10.9 Å². The third-order valence-corrected chi connectivity index (χ3v) is 4.13. The molecular weight excluding hydrogens is 270 g/mol. The summed E-state index contributed by atoms with van der Waals surface area (Å²) in [7, 11) is 0. The predicted octanol–water partition coefficient (Wildman–Crippen LogP) is 1.84. The Hall–Kier alpha value is -2.08. The fourth-order valence-corrected chi connectivity index (χ4v) is 3.04. The van der Waals surface area contributed by atoms with Gasteiger partial charge in [-0.3, -0.25) is 9.78 Å². The van der Waals surface area contributed by atoms with E-state index in [1.807, 2.05) is 0 Å². The fourth-order valence-electron chi connectivity index (χ4n) is 3.04. The van der Waals surface area contributed by atoms with E-state index in [0.29, 0.717) is 16.8 Å². The van der Waals surface area contributed by atoms with Crippen molar-refractivity contribution in [3.63, 3.8) is 0 Å². The van der Waals surface area contributed by atoms with Gasteiger partial charge in [-0.2, -0.15) is 0 Å². The number of amides is 1. The zero-order valence-corrected chi connectivity index (χ0v) is 12.0. The molecule has 0 saturated carbocycles. The minimum Gasteiger partial charge on any atom is -0.408 e. The maximum absolute atomic E-state index is 12.6. The average molecular weight is 289 g/mol. The summed E-state index contributed by atoms with van der Waals surface area (Å²) in [5, 5.41) is 6.24. The van der Waals surface area contributed by atoms with E-state index in [1.54, 1.807) is 18.2 Å². The highest BCUT2D eigenvalue weighted by Crippen LogP contribution is 2.32. The lowest BCUT2D eigenvalue weighted by atomic mass is 9.81. The van der Waals surface area contributed by atoms with Gasteiger partial charge in [0.25, 0.3) is 0 Å². The van der Waals surface area contributed by atoms with Crippen molar-refractivity contribution in [2.45, 2.75) is 26.2 Å². The number of aromatic amines is 1. The predicted molar refractivity (Wildman–Crippen MR) is 80.3 cm³/mol. The minimum atomic E-state index is -0.490. The molecular formula is C15H19N3O3. The maximum atomic E-state index is 12.6. The van der Waals surface area contributed by atoms with E-state index in [9.17, 15) is 9.59 Å². The molecule has 0 aliphatic carbocycles. The summed E-state index contributed by atoms with van der Waals surface area (Å²) in [5.74, 6) is -0.449. The molecule has 1 saturated heterocycles. The summed E-state index contributed by atoms with van der Waals surface area (Å²) in [6.07, 6.45) is 2.71. The van der Waals surface area contributed by atoms with Gasteiger partial charge in [0.1, 0.15) is 0 Å². The van der Waals surface area contributed by atoms with E-state index in [2.05, 4.69) is 22.5 Å². The van der Waals surface area contributed by atoms with E-state index in [4.69, 9.17) is 4.42 Å². The number of fused-ring (bicyclic) bond motifs is 1. The maximum Gasteiger partial charge on any atom is 0.417 e. The monoisotopic (exact) mass is 289 g/mol. The van der Waals surface area contributed by atoms with Crippen molar-refractivity contribution in [3.05, 3.63) is 28.7 Å². The summed E-state index contributed by atoms with van der Waals surface area (Å²) in [6, 6.07) is 5.15. The molecule has 0 spiro atoms. The summed E-state index contributed by atoms with van der Waals surface area (Å²) >= 11 is 0. The van der Waals surface area contributed by atoms with Crippen LogP contribution in [0.15, 0.2) is 27.4 Å². The Kier molecular flexibility index (Phi) is 3.55. The van der Waals surface area contributed by atoms with Gasteiger partial charge in [0.2, 0.25) is 5.91 Å². The molecule has 1 unspecified atom stereocenters. The zero-order valence-electron chi connectivity index (χ0n) is 12.0. The lowest BCUT2D eigenvalue weighted by molar-refractivity contribution is -0.125. The molecule has 1 amide bonds. The second-order valence-electron chi connectivity index (χ2n) is 5.64. The van der Waals surface area contributed by atoms with Crippen LogP contribution >= 0.6 is 0 Å². The number of carbonyl (C=O) groups is 1. The van der Waals surface area contributed by atoms with Gasteiger partial charge >= 0.3 is 5.76 Å². The molecule has 21 heavy (non-hydrogen) atoms. The van der Waals surface area contributed by atoms with Crippen LogP contribution in [0.25, 0.3) is 11.1 Å². The molecule has 3 rings (SSSR count). The molecule has 112 valence electrons. The Morgan fingerprint density at radius 2 is 2.33 bits per heavy atom. The van der Waals surface area contributed by atoms with Crippen LogP contribution in [-0.4, -0.2) is 24.0 Å². The van der Waals surface area contributed by atoms with Crippen molar-refractivity contribution >= 4 is 22.7 Å². The number of rotatable bonds is 4. The van der Waals surface area contributed by atoms with E-state index < -0.39 is 5.76 Å². The quantitative estimate of drug-likeness (QED) is 0.801. The molecule has 2 heterocycles. The van der Waals surface area contributed by atoms with Gasteiger partial charge in [0.15, 0.2) is 5.58 Å². The SMILES string of the molecule is CCCC1(C(=O)Nc2ccc3oc(=O)[nH]c3c2)CCNC1. The Morgan fingerprint density at radius 3 is 3.05 bits per heavy atom. The van der Waals surface area contributed by atoms with Crippen LogP contribution in [0.2, 0.25) is 0 Å². The number of oxazole rings is 1. The molecule has 3 N–H and O–H groups in total. The van der Waals surface area contributed by atoms with Gasteiger partial charge in [-0.15, -0.1) is 0 Å². The Bertz CT molecular complexity index is 710. The van der Waals surface area contributed by atoms with Gasteiger partial charge in [0, 0.05) is 12.2 Å². The fraction of sp³-hybridized carbons (Fsp3) is 0.467. The smallest absolute Gasteiger partial charge is 0.408 e. The van der Waals surface area contributed by atoms with E-state index in [-0.39, 0.29) is 11.3 Å². The highest BCUT2D eigenvalue weighted by molar-refractivity contribution is 5.97. The molecule has 1 aromatic heterocycles. The molecule has 1 aliphatic heterocycles. The largest absolute Gasteiger partial charge is 0.417 e. The van der Waals surface area contributed by atoms with Crippen molar-refractivity contribution in [1.29, 1.82) is 0 Å². The van der Waals surface area contributed by atoms with Crippen LogP contribution in [0.4, 0.5) is 5.69 Å². The summed E-state index contributed by atoms with van der Waals surface area (Å²) in [6.45, 7) is 3.69. The summed E-state index contributed by atoms with van der Waals surface area (Å²) < 4.78 is 4.95. The second-order valence-corrected chi connectivity index (χ2v) is 5.64. The topological polar surface area (TPSA) is 87.1 Å². The van der Waals surface area contributed by atoms with Crippen molar-refractivity contribution in [3.8, 4) is 0 Å². The second kappa shape index (κ2) is 5.37. The molecule has 0 radical (unpaired) electrons. The Labute approximate surface area is 121 Å². The van der Waals surface area contributed by atoms with Crippen molar-refractivity contribution in [2.75, 3.05) is 18.4 Å². The Morgan fingerprint density at radius 1 is 1.48 bits per heavy atom. The number of anilines is 1. The van der Waals surface area contributed by atoms with Crippen LogP contribution in [0.1, 0.15) is 26.2 Å². The van der Waals surface area contributed by atoms with Crippen LogP contribution in [0, 0.1) is 5.41 Å². The third kappa shape index (κ3) is 2.58. The van der Waals surface area contributed by atoms with Gasteiger partial charge in [-0.1, -0.05) is 13.3 Å². The van der Waals surface area contributed by atoms with E-state index in [1.165, 1.54) is 0 Å². The lowest BCUT2D eigenvalue weighted by Crippen LogP contribution is -2.38. The zero-order chi connectivity index (χ0) is 14.9. The van der Waals surface area contributed by atoms with Crippen molar-refractivity contribution in [2.24, 2.45) is 5.41 Å². The van der Waals surface area contributed by atoms with Crippen LogP contribution < -0.4 is 16.4 Å². The number of hydrogen-bond donors (Lipinski definition) is 3. The van der Waals surface area contributed by atoms with Crippen LogP contribution in [0.5, 0.6) is 0 Å². The molecule has 2 aromatic rings. The first-order chi connectivity index (χ1) is 10.1. The molecule has 0 bridgehead atoms. The number of aromatic nitrogens is 1. The molecule has 1 fully saturated rings. The average Bonchev–Trinajstić information content (AvgIpc) is 3.05. The number of hydrogen-bond acceptors (Lipinski definition) is 4. The van der Waals surface area contributed by atoms with Gasteiger partial charge in [-0.25, -0.2) is 4.79 Å². The van der Waals surface area contributed by atoms with Crippen molar-refractivity contribution < 1.29 is 9.21 Å². The highest BCUT2D eigenvalue weighted by Gasteiger charge is 2.40.